The highest BCUT2D eigenvalue weighted by Crippen LogP contribution is 2.13. The number of hydrogen-bond donors (Lipinski definition) is 2. The smallest absolute Gasteiger partial charge is 0.327 e. The normalized spacial score (nSPS) is 12.5. The van der Waals surface area contributed by atoms with E-state index in [1.807, 2.05) is 0 Å². The molecular formula is C22H38N2O5S. The SMILES string of the molecule is C.CC(C)=CCC/C(C)=C/CC/C(C)=C/CSC[C@H](NC(=O)CC[N+](=O)[O-])C(=O)O. The standard InChI is InChI=1S/C21H34N2O5S.CH4/c1-16(2)7-5-8-17(3)9-6-10-18(4)12-14-29-15-19(21(25)26)22-20(24)11-13-23(27)28;/h7,9,12,19H,5-6,8,10-11,13-15H2,1-4H3,(H,22,24)(H,25,26);1H4/b17-9+,18-12+;/t19-;/m0./s1. The molecule has 0 spiro atoms. The average Bonchev–Trinajstić information content (AvgIpc) is 2.61. The second-order valence-electron chi connectivity index (χ2n) is 7.26. The monoisotopic (exact) mass is 442 g/mol. The predicted molar refractivity (Wildman–Crippen MR) is 126 cm³/mol. The van der Waals surface area contributed by atoms with Gasteiger partial charge in [0.1, 0.15) is 6.04 Å². The van der Waals surface area contributed by atoms with Crippen molar-refractivity contribution < 1.29 is 19.6 Å². The van der Waals surface area contributed by atoms with Crippen molar-refractivity contribution in [2.45, 2.75) is 73.3 Å². The zero-order chi connectivity index (χ0) is 22.2. The number of carbonyl (C=O) groups excluding carboxylic acids is 1. The molecule has 1 atom stereocenters. The molecule has 0 bridgehead atoms. The number of nitrogens with zero attached hydrogens (tertiary/aromatic N) is 1. The number of thioether (sulfide) groups is 1. The zero-order valence-electron chi connectivity index (χ0n) is 17.9. The number of nitro groups is 1. The molecule has 0 unspecified atom stereocenters. The Bertz CT molecular complexity index is 637. The highest BCUT2D eigenvalue weighted by Gasteiger charge is 2.20. The van der Waals surface area contributed by atoms with E-state index < -0.39 is 29.4 Å². The van der Waals surface area contributed by atoms with Gasteiger partial charge in [0, 0.05) is 16.4 Å². The van der Waals surface area contributed by atoms with Gasteiger partial charge in [-0.3, -0.25) is 14.9 Å². The highest BCUT2D eigenvalue weighted by atomic mass is 32.2. The maximum atomic E-state index is 11.6. The summed E-state index contributed by atoms with van der Waals surface area (Å²) in [6.07, 6.45) is 10.4. The molecule has 0 aliphatic carbocycles. The molecule has 0 saturated carbocycles. The summed E-state index contributed by atoms with van der Waals surface area (Å²) in [6, 6.07) is -1.04. The van der Waals surface area contributed by atoms with Crippen molar-refractivity contribution in [3.63, 3.8) is 0 Å². The van der Waals surface area contributed by atoms with E-state index in [0.29, 0.717) is 5.75 Å². The number of carboxylic acids is 1. The quantitative estimate of drug-likeness (QED) is 0.160. The van der Waals surface area contributed by atoms with Crippen LogP contribution in [-0.2, 0) is 9.59 Å². The molecule has 0 saturated heterocycles. The molecular weight excluding hydrogens is 404 g/mol. The molecule has 0 aromatic rings. The van der Waals surface area contributed by atoms with Crippen molar-refractivity contribution >= 4 is 23.6 Å². The summed E-state index contributed by atoms with van der Waals surface area (Å²) in [5.74, 6) is -0.884. The molecule has 8 heteroatoms. The van der Waals surface area contributed by atoms with Crippen LogP contribution in [0.15, 0.2) is 34.9 Å². The van der Waals surface area contributed by atoms with Crippen LogP contribution in [0, 0.1) is 10.1 Å². The van der Waals surface area contributed by atoms with Crippen LogP contribution in [-0.4, -0.2) is 46.0 Å². The van der Waals surface area contributed by atoms with Gasteiger partial charge in [-0.15, -0.1) is 0 Å². The molecule has 30 heavy (non-hydrogen) atoms. The van der Waals surface area contributed by atoms with Crippen LogP contribution in [0.1, 0.15) is 67.2 Å². The number of amides is 1. The Hall–Kier alpha value is -2.09. The van der Waals surface area contributed by atoms with Crippen LogP contribution < -0.4 is 5.32 Å². The molecule has 0 aromatic carbocycles. The molecule has 0 radical (unpaired) electrons. The number of carbonyl (C=O) groups is 2. The molecule has 0 fully saturated rings. The van der Waals surface area contributed by atoms with Crippen LogP contribution >= 0.6 is 11.8 Å². The minimum atomic E-state index is -1.14. The number of aliphatic carboxylic acids is 1. The Morgan fingerprint density at radius 1 is 1.03 bits per heavy atom. The molecule has 1 amide bonds. The molecule has 2 N–H and O–H groups in total. The molecule has 172 valence electrons. The van der Waals surface area contributed by atoms with Gasteiger partial charge in [-0.2, -0.15) is 11.8 Å². The Labute approximate surface area is 185 Å². The van der Waals surface area contributed by atoms with Gasteiger partial charge >= 0.3 is 5.97 Å². The van der Waals surface area contributed by atoms with Gasteiger partial charge in [0.05, 0.1) is 6.42 Å². The zero-order valence-corrected chi connectivity index (χ0v) is 18.7. The van der Waals surface area contributed by atoms with Crippen molar-refractivity contribution in [2.75, 3.05) is 18.1 Å². The lowest BCUT2D eigenvalue weighted by Crippen LogP contribution is -2.43. The number of nitrogens with one attached hydrogen (secondary N) is 1. The summed E-state index contributed by atoms with van der Waals surface area (Å²) in [6.45, 7) is 7.92. The fraction of sp³-hybridized carbons (Fsp3) is 0.636. The second kappa shape index (κ2) is 17.7. The predicted octanol–water partition coefficient (Wildman–Crippen LogP) is 5.01. The van der Waals surface area contributed by atoms with Gasteiger partial charge in [0.2, 0.25) is 12.5 Å². The topological polar surface area (TPSA) is 110 Å². The first kappa shape index (κ1) is 30.1. The van der Waals surface area contributed by atoms with E-state index >= 15 is 0 Å². The molecule has 0 rings (SSSR count). The summed E-state index contributed by atoms with van der Waals surface area (Å²) in [5, 5.41) is 21.8. The van der Waals surface area contributed by atoms with Crippen LogP contribution in [0.25, 0.3) is 0 Å². The van der Waals surface area contributed by atoms with E-state index in [-0.39, 0.29) is 19.6 Å². The van der Waals surface area contributed by atoms with Gasteiger partial charge in [-0.05, 0) is 53.4 Å². The number of carboxylic acid groups (broad SMARTS) is 1. The average molecular weight is 443 g/mol. The molecule has 0 aliphatic rings. The fourth-order valence-electron chi connectivity index (χ4n) is 2.36. The first-order chi connectivity index (χ1) is 13.6. The first-order valence-corrected chi connectivity index (χ1v) is 10.9. The van der Waals surface area contributed by atoms with E-state index in [9.17, 15) is 24.8 Å². The second-order valence-corrected chi connectivity index (χ2v) is 8.34. The number of allylic oxidation sites excluding steroid dienone is 5. The van der Waals surface area contributed by atoms with E-state index in [4.69, 9.17) is 0 Å². The Morgan fingerprint density at radius 2 is 1.60 bits per heavy atom. The third kappa shape index (κ3) is 18.0. The van der Waals surface area contributed by atoms with Crippen molar-refractivity contribution in [2.24, 2.45) is 0 Å². The maximum absolute atomic E-state index is 11.6. The Balaban J connectivity index is 0. The van der Waals surface area contributed by atoms with Crippen LogP contribution in [0.4, 0.5) is 0 Å². The lowest BCUT2D eigenvalue weighted by atomic mass is 10.1. The minimum Gasteiger partial charge on any atom is -0.480 e. The van der Waals surface area contributed by atoms with Crippen LogP contribution in [0.2, 0.25) is 0 Å². The van der Waals surface area contributed by atoms with E-state index in [0.717, 1.165) is 25.7 Å². The van der Waals surface area contributed by atoms with Crippen molar-refractivity contribution in [3.05, 3.63) is 45.1 Å². The molecule has 0 heterocycles. The highest BCUT2D eigenvalue weighted by molar-refractivity contribution is 7.99. The third-order valence-electron chi connectivity index (χ3n) is 4.11. The van der Waals surface area contributed by atoms with Crippen molar-refractivity contribution in [3.8, 4) is 0 Å². The van der Waals surface area contributed by atoms with E-state index in [1.54, 1.807) is 0 Å². The van der Waals surface area contributed by atoms with Gasteiger partial charge in [0.25, 0.3) is 0 Å². The molecule has 7 nitrogen and oxygen atoms in total. The van der Waals surface area contributed by atoms with E-state index in [2.05, 4.69) is 51.2 Å². The number of rotatable bonds is 15. The molecule has 0 aliphatic heterocycles. The minimum absolute atomic E-state index is 0. The third-order valence-corrected chi connectivity index (χ3v) is 5.08. The largest absolute Gasteiger partial charge is 0.480 e. The summed E-state index contributed by atoms with van der Waals surface area (Å²) in [5.41, 5.74) is 3.98. The van der Waals surface area contributed by atoms with E-state index in [1.165, 1.54) is 28.5 Å². The van der Waals surface area contributed by atoms with Crippen molar-refractivity contribution in [1.82, 2.24) is 5.32 Å². The van der Waals surface area contributed by atoms with Gasteiger partial charge in [0.15, 0.2) is 0 Å². The lowest BCUT2D eigenvalue weighted by Gasteiger charge is -2.13. The summed E-state index contributed by atoms with van der Waals surface area (Å²) in [7, 11) is 0. The van der Waals surface area contributed by atoms with Gasteiger partial charge in [-0.25, -0.2) is 4.79 Å². The lowest BCUT2D eigenvalue weighted by molar-refractivity contribution is -0.478. The summed E-state index contributed by atoms with van der Waals surface area (Å²) < 4.78 is 0. The molecule has 0 aromatic heterocycles. The van der Waals surface area contributed by atoms with Crippen molar-refractivity contribution in [1.29, 1.82) is 0 Å². The van der Waals surface area contributed by atoms with Crippen LogP contribution in [0.5, 0.6) is 0 Å². The van der Waals surface area contributed by atoms with Crippen LogP contribution in [0.3, 0.4) is 0 Å². The summed E-state index contributed by atoms with van der Waals surface area (Å²) in [4.78, 5) is 32.5. The van der Waals surface area contributed by atoms with Gasteiger partial charge in [-0.1, -0.05) is 42.4 Å². The fourth-order valence-corrected chi connectivity index (χ4v) is 3.36. The maximum Gasteiger partial charge on any atom is 0.327 e. The number of hydrogen-bond acceptors (Lipinski definition) is 5. The first-order valence-electron chi connectivity index (χ1n) is 9.78. The van der Waals surface area contributed by atoms with Gasteiger partial charge < -0.3 is 10.4 Å². The Morgan fingerprint density at radius 3 is 2.13 bits per heavy atom. The summed E-state index contributed by atoms with van der Waals surface area (Å²) >= 11 is 1.41. The Kier molecular flexibility index (Phi) is 17.8.